The molecule has 1 heterocycles. The van der Waals surface area contributed by atoms with Crippen molar-refractivity contribution in [2.75, 3.05) is 13.1 Å². The maximum absolute atomic E-state index is 3.21. The van der Waals surface area contributed by atoms with Gasteiger partial charge in [0.1, 0.15) is 0 Å². The van der Waals surface area contributed by atoms with Gasteiger partial charge in [-0.2, -0.15) is 6.42 Å². The molecule has 67 valence electrons. The van der Waals surface area contributed by atoms with E-state index in [0.717, 1.165) is 19.0 Å². The van der Waals surface area contributed by atoms with Crippen LogP contribution in [0.15, 0.2) is 6.08 Å². The van der Waals surface area contributed by atoms with Crippen LogP contribution in [0.5, 0.6) is 0 Å². The van der Waals surface area contributed by atoms with Gasteiger partial charge in [-0.1, -0.05) is 26.2 Å². The van der Waals surface area contributed by atoms with Crippen LogP contribution in [0.25, 0.3) is 0 Å². The van der Waals surface area contributed by atoms with E-state index in [9.17, 15) is 0 Å². The summed E-state index contributed by atoms with van der Waals surface area (Å²) in [6, 6.07) is 0. The van der Waals surface area contributed by atoms with E-state index in [-0.39, 0.29) is 32.7 Å². The predicted molar refractivity (Wildman–Crippen MR) is 47.8 cm³/mol. The van der Waals surface area contributed by atoms with Gasteiger partial charge in [-0.15, -0.1) is 6.54 Å². The molecule has 1 nitrogen and oxygen atoms in total. The molecule has 0 atom stereocenters. The number of hydrogen-bond donors (Lipinski definition) is 0. The number of nitrogens with zero attached hydrogens (tertiary/aromatic N) is 1. The third-order valence-corrected chi connectivity index (χ3v) is 1.80. The van der Waals surface area contributed by atoms with E-state index in [1.807, 2.05) is 0 Å². The van der Waals surface area contributed by atoms with Gasteiger partial charge in [-0.05, 0) is 6.54 Å². The summed E-state index contributed by atoms with van der Waals surface area (Å²) in [5.41, 5.74) is 0. The van der Waals surface area contributed by atoms with E-state index in [1.54, 1.807) is 0 Å². The molecule has 0 aromatic rings. The van der Waals surface area contributed by atoms with Crippen molar-refractivity contribution in [3.8, 4) is 0 Å². The van der Waals surface area contributed by atoms with Crippen molar-refractivity contribution in [2.24, 2.45) is 5.92 Å². The summed E-state index contributed by atoms with van der Waals surface area (Å²) >= 11 is 0. The second-order valence-electron chi connectivity index (χ2n) is 3.49. The summed E-state index contributed by atoms with van der Waals surface area (Å²) in [6.07, 6.45) is 10.1. The third-order valence-electron chi connectivity index (χ3n) is 1.80. The van der Waals surface area contributed by atoms with Crippen LogP contribution in [0.3, 0.4) is 0 Å². The molecule has 0 fully saturated rings. The normalized spacial score (nSPS) is 15.4. The zero-order valence-electron chi connectivity index (χ0n) is 8.09. The van der Waals surface area contributed by atoms with Gasteiger partial charge in [-0.3, -0.25) is 6.08 Å². The fourth-order valence-electron chi connectivity index (χ4n) is 1.19. The molecule has 0 aromatic heterocycles. The standard InChI is InChI=1S/C10H17N.Y/c1-10(2)6-5-9-11-7-3-4-8-11;/h3,5,10H,4,6,8-9H2,1-2H3;/q-2;. The summed E-state index contributed by atoms with van der Waals surface area (Å²) in [6.45, 7) is 6.74. The maximum atomic E-state index is 3.21. The zero-order chi connectivity index (χ0) is 8.10. The predicted octanol–water partition coefficient (Wildman–Crippen LogP) is 2.26. The van der Waals surface area contributed by atoms with Crippen LogP contribution >= 0.6 is 0 Å². The Morgan fingerprint density at radius 1 is 1.58 bits per heavy atom. The van der Waals surface area contributed by atoms with Crippen molar-refractivity contribution in [2.45, 2.75) is 26.7 Å². The molecule has 1 aliphatic rings. The fraction of sp³-hybridized carbons (Fsp3) is 0.700. The van der Waals surface area contributed by atoms with Crippen LogP contribution in [-0.2, 0) is 32.7 Å². The first-order valence-electron chi connectivity index (χ1n) is 4.43. The summed E-state index contributed by atoms with van der Waals surface area (Å²) in [4.78, 5) is 2.24. The quantitative estimate of drug-likeness (QED) is 0.681. The molecule has 0 bridgehead atoms. The Bertz CT molecular complexity index is 132. The fourth-order valence-corrected chi connectivity index (χ4v) is 1.19. The molecule has 0 saturated carbocycles. The largest absolute Gasteiger partial charge is 0.578 e. The van der Waals surface area contributed by atoms with Crippen LogP contribution < -0.4 is 0 Å². The Balaban J connectivity index is 0.00000121. The van der Waals surface area contributed by atoms with Crippen LogP contribution in [0.1, 0.15) is 26.7 Å². The molecular weight excluding hydrogens is 223 g/mol. The van der Waals surface area contributed by atoms with E-state index in [0.29, 0.717) is 0 Å². The van der Waals surface area contributed by atoms with Gasteiger partial charge < -0.3 is 17.5 Å². The topological polar surface area (TPSA) is 3.24 Å². The Morgan fingerprint density at radius 2 is 2.33 bits per heavy atom. The summed E-state index contributed by atoms with van der Waals surface area (Å²) < 4.78 is 0. The van der Waals surface area contributed by atoms with E-state index in [4.69, 9.17) is 0 Å². The third kappa shape index (κ3) is 5.32. The summed E-state index contributed by atoms with van der Waals surface area (Å²) in [5.74, 6) is 0.793. The molecule has 1 radical (unpaired) electrons. The molecular formula is C10H17NY-2. The second kappa shape index (κ2) is 7.09. The molecule has 0 N–H and O–H groups in total. The minimum Gasteiger partial charge on any atom is -0.578 e. The molecule has 0 unspecified atom stereocenters. The average molecular weight is 240 g/mol. The first-order valence-corrected chi connectivity index (χ1v) is 4.43. The Morgan fingerprint density at radius 3 is 2.83 bits per heavy atom. The number of hydrogen-bond acceptors (Lipinski definition) is 1. The van der Waals surface area contributed by atoms with Crippen molar-refractivity contribution in [3.63, 3.8) is 0 Å². The molecule has 0 aliphatic carbocycles. The minimum atomic E-state index is 0. The molecule has 1 rings (SSSR count). The molecule has 1 aliphatic heterocycles. The van der Waals surface area contributed by atoms with Gasteiger partial charge in [0.2, 0.25) is 0 Å². The van der Waals surface area contributed by atoms with E-state index >= 15 is 0 Å². The van der Waals surface area contributed by atoms with Crippen LogP contribution in [0.4, 0.5) is 0 Å². The first kappa shape index (κ1) is 12.6. The van der Waals surface area contributed by atoms with E-state index in [1.165, 1.54) is 12.8 Å². The first-order chi connectivity index (χ1) is 5.29. The molecule has 12 heavy (non-hydrogen) atoms. The van der Waals surface area contributed by atoms with Crippen LogP contribution in [0.2, 0.25) is 0 Å². The molecule has 0 aromatic carbocycles. The molecule has 0 spiro atoms. The Kier molecular flexibility index (Phi) is 7.47. The van der Waals surface area contributed by atoms with Gasteiger partial charge in [0, 0.05) is 32.7 Å². The van der Waals surface area contributed by atoms with Crippen molar-refractivity contribution < 1.29 is 32.7 Å². The Hall–Kier alpha value is 0.644. The monoisotopic (exact) mass is 240 g/mol. The smallest absolute Gasteiger partial charge is 0 e. The maximum Gasteiger partial charge on any atom is 0 e. The van der Waals surface area contributed by atoms with Crippen LogP contribution in [0, 0.1) is 18.5 Å². The van der Waals surface area contributed by atoms with Gasteiger partial charge in [-0.25, -0.2) is 0 Å². The van der Waals surface area contributed by atoms with Crippen LogP contribution in [-0.4, -0.2) is 18.0 Å². The molecule has 2 heteroatoms. The van der Waals surface area contributed by atoms with Gasteiger partial charge >= 0.3 is 0 Å². The van der Waals surface area contributed by atoms with Crippen molar-refractivity contribution in [1.29, 1.82) is 0 Å². The SMILES string of the molecule is CC(C)C[CH-]CN1[C-]=CCC1.[Y]. The average Bonchev–Trinajstić information content (AvgIpc) is 2.39. The molecule has 0 amide bonds. The summed E-state index contributed by atoms with van der Waals surface area (Å²) in [7, 11) is 0. The van der Waals surface area contributed by atoms with Crippen molar-refractivity contribution in [3.05, 3.63) is 18.7 Å². The molecule has 0 saturated heterocycles. The van der Waals surface area contributed by atoms with Gasteiger partial charge in [0.05, 0.1) is 0 Å². The van der Waals surface area contributed by atoms with Gasteiger partial charge in [0.15, 0.2) is 0 Å². The van der Waals surface area contributed by atoms with Gasteiger partial charge in [0.25, 0.3) is 0 Å². The Labute approximate surface area is 101 Å². The number of rotatable bonds is 4. The summed E-state index contributed by atoms with van der Waals surface area (Å²) in [5, 5.41) is 0. The van der Waals surface area contributed by atoms with E-state index in [2.05, 4.69) is 37.4 Å². The van der Waals surface area contributed by atoms with E-state index < -0.39 is 0 Å². The minimum absolute atomic E-state index is 0. The zero-order valence-corrected chi connectivity index (χ0v) is 10.9. The second-order valence-corrected chi connectivity index (χ2v) is 3.49. The van der Waals surface area contributed by atoms with Crippen molar-refractivity contribution in [1.82, 2.24) is 4.90 Å². The van der Waals surface area contributed by atoms with Crippen molar-refractivity contribution >= 4 is 0 Å².